The molecule has 1 rings (SSSR count). The van der Waals surface area contributed by atoms with Crippen molar-refractivity contribution in [3.05, 3.63) is 0 Å². The average molecular weight is 255 g/mol. The van der Waals surface area contributed by atoms with Crippen LogP contribution in [0.2, 0.25) is 0 Å². The van der Waals surface area contributed by atoms with Gasteiger partial charge in [-0.1, -0.05) is 6.92 Å². The molecule has 1 unspecified atom stereocenters. The molecule has 2 amide bonds. The first kappa shape index (κ1) is 15.0. The highest BCUT2D eigenvalue weighted by Gasteiger charge is 2.26. The molecule has 0 aromatic carbocycles. The topological polar surface area (TPSA) is 61.4 Å². The van der Waals surface area contributed by atoms with Crippen molar-refractivity contribution in [1.82, 2.24) is 15.5 Å². The van der Waals surface area contributed by atoms with Crippen LogP contribution in [-0.4, -0.2) is 48.9 Å². The fourth-order valence-corrected chi connectivity index (χ4v) is 2.30. The van der Waals surface area contributed by atoms with Crippen LogP contribution in [0.15, 0.2) is 0 Å². The van der Waals surface area contributed by atoms with Crippen LogP contribution in [0.4, 0.5) is 0 Å². The van der Waals surface area contributed by atoms with E-state index in [9.17, 15) is 9.59 Å². The predicted molar refractivity (Wildman–Crippen MR) is 71.1 cm³/mol. The summed E-state index contributed by atoms with van der Waals surface area (Å²) in [5.41, 5.74) is 0. The Morgan fingerprint density at radius 2 is 2.17 bits per heavy atom. The number of rotatable bonds is 5. The highest BCUT2D eigenvalue weighted by atomic mass is 16.2. The van der Waals surface area contributed by atoms with Crippen LogP contribution in [0.3, 0.4) is 0 Å². The summed E-state index contributed by atoms with van der Waals surface area (Å²) >= 11 is 0. The second-order valence-electron chi connectivity index (χ2n) is 5.01. The number of carbonyl (C=O) groups excluding carboxylic acids is 2. The molecule has 2 N–H and O–H groups in total. The van der Waals surface area contributed by atoms with E-state index < -0.39 is 0 Å². The minimum absolute atomic E-state index is 0.0449. The number of likely N-dealkylation sites (tertiary alicyclic amines) is 1. The van der Waals surface area contributed by atoms with E-state index in [0.717, 1.165) is 25.9 Å². The van der Waals surface area contributed by atoms with Gasteiger partial charge in [0.05, 0.1) is 5.92 Å². The maximum atomic E-state index is 12.0. The maximum Gasteiger partial charge on any atom is 0.224 e. The first-order valence-corrected chi connectivity index (χ1v) is 6.81. The zero-order chi connectivity index (χ0) is 13.5. The third-order valence-electron chi connectivity index (χ3n) is 3.37. The molecule has 0 aliphatic carbocycles. The molecule has 0 aromatic rings. The van der Waals surface area contributed by atoms with Gasteiger partial charge < -0.3 is 15.5 Å². The van der Waals surface area contributed by atoms with Gasteiger partial charge in [0, 0.05) is 32.6 Å². The lowest BCUT2D eigenvalue weighted by Crippen LogP contribution is -2.47. The van der Waals surface area contributed by atoms with Gasteiger partial charge in [0.2, 0.25) is 11.8 Å². The Morgan fingerprint density at radius 3 is 2.78 bits per heavy atom. The van der Waals surface area contributed by atoms with Crippen LogP contribution in [0.25, 0.3) is 0 Å². The van der Waals surface area contributed by atoms with Crippen molar-refractivity contribution in [1.29, 1.82) is 0 Å². The molecule has 1 aliphatic rings. The van der Waals surface area contributed by atoms with Crippen molar-refractivity contribution < 1.29 is 9.59 Å². The predicted octanol–water partition coefficient (Wildman–Crippen LogP) is 0.359. The molecule has 0 saturated carbocycles. The monoisotopic (exact) mass is 255 g/mol. The Morgan fingerprint density at radius 1 is 1.44 bits per heavy atom. The van der Waals surface area contributed by atoms with Crippen molar-refractivity contribution in [2.45, 2.75) is 39.7 Å². The number of amides is 2. The molecule has 1 saturated heterocycles. The lowest BCUT2D eigenvalue weighted by Gasteiger charge is -2.31. The lowest BCUT2D eigenvalue weighted by atomic mass is 9.97. The molecule has 0 spiro atoms. The van der Waals surface area contributed by atoms with Gasteiger partial charge in [-0.15, -0.1) is 0 Å². The fourth-order valence-electron chi connectivity index (χ4n) is 2.30. The van der Waals surface area contributed by atoms with E-state index in [4.69, 9.17) is 0 Å². The maximum absolute atomic E-state index is 12.0. The molecule has 5 heteroatoms. The molecule has 104 valence electrons. The van der Waals surface area contributed by atoms with Crippen molar-refractivity contribution in [2.24, 2.45) is 5.92 Å². The molecule has 0 bridgehead atoms. The molecular weight excluding hydrogens is 230 g/mol. The van der Waals surface area contributed by atoms with Crippen molar-refractivity contribution >= 4 is 11.8 Å². The summed E-state index contributed by atoms with van der Waals surface area (Å²) < 4.78 is 0. The largest absolute Gasteiger partial charge is 0.354 e. The van der Waals surface area contributed by atoms with E-state index in [1.807, 2.05) is 13.8 Å². The smallest absolute Gasteiger partial charge is 0.224 e. The van der Waals surface area contributed by atoms with Crippen LogP contribution in [0.1, 0.15) is 33.6 Å². The molecule has 0 radical (unpaired) electrons. The second kappa shape index (κ2) is 7.36. The van der Waals surface area contributed by atoms with Crippen LogP contribution in [-0.2, 0) is 9.59 Å². The number of piperidine rings is 1. The zero-order valence-electron chi connectivity index (χ0n) is 11.7. The summed E-state index contributed by atoms with van der Waals surface area (Å²) in [6.45, 7) is 8.55. The van der Waals surface area contributed by atoms with E-state index in [-0.39, 0.29) is 23.8 Å². The number of nitrogens with one attached hydrogen (secondary N) is 2. The van der Waals surface area contributed by atoms with Gasteiger partial charge in [-0.2, -0.15) is 0 Å². The summed E-state index contributed by atoms with van der Waals surface area (Å²) in [5, 5.41) is 6.21. The highest BCUT2D eigenvalue weighted by molar-refractivity contribution is 5.80. The number of likely N-dealkylation sites (N-methyl/N-ethyl adjacent to an activating group) is 1. The van der Waals surface area contributed by atoms with E-state index in [1.165, 1.54) is 0 Å². The molecule has 2 atom stereocenters. The molecule has 5 nitrogen and oxygen atoms in total. The second-order valence-corrected chi connectivity index (χ2v) is 5.01. The Bertz CT molecular complexity index is 294. The Hall–Kier alpha value is -1.10. The lowest BCUT2D eigenvalue weighted by molar-refractivity contribution is -0.134. The fraction of sp³-hybridized carbons (Fsp3) is 0.846. The SMILES string of the molecule is CCN[C@H](C)CNC(=O)C1CCCN(C(C)=O)C1. The zero-order valence-corrected chi connectivity index (χ0v) is 11.7. The standard InChI is InChI=1S/C13H25N3O2/c1-4-14-10(2)8-15-13(18)12-6-5-7-16(9-12)11(3)17/h10,12,14H,4-9H2,1-3H3,(H,15,18)/t10-,12?/m1/s1. The van der Waals surface area contributed by atoms with Gasteiger partial charge in [-0.05, 0) is 26.3 Å². The summed E-state index contributed by atoms with van der Waals surface area (Å²) in [4.78, 5) is 25.1. The molecule has 0 aromatic heterocycles. The highest BCUT2D eigenvalue weighted by Crippen LogP contribution is 2.16. The van der Waals surface area contributed by atoms with Crippen LogP contribution < -0.4 is 10.6 Å². The minimum Gasteiger partial charge on any atom is -0.354 e. The minimum atomic E-state index is -0.0449. The van der Waals surface area contributed by atoms with Crippen molar-refractivity contribution in [3.8, 4) is 0 Å². The first-order chi connectivity index (χ1) is 8.54. The summed E-state index contributed by atoms with van der Waals surface area (Å²) in [6.07, 6.45) is 1.80. The van der Waals surface area contributed by atoms with E-state index in [0.29, 0.717) is 13.1 Å². The summed E-state index contributed by atoms with van der Waals surface area (Å²) in [5.74, 6) is 0.0932. The van der Waals surface area contributed by atoms with Crippen LogP contribution in [0, 0.1) is 5.92 Å². The normalized spacial score (nSPS) is 21.5. The molecule has 1 heterocycles. The summed E-state index contributed by atoms with van der Waals surface area (Å²) in [7, 11) is 0. The quantitative estimate of drug-likeness (QED) is 0.745. The van der Waals surface area contributed by atoms with Gasteiger partial charge in [0.1, 0.15) is 0 Å². The number of carbonyl (C=O) groups is 2. The summed E-state index contributed by atoms with van der Waals surface area (Å²) in [6, 6.07) is 0.284. The van der Waals surface area contributed by atoms with E-state index in [1.54, 1.807) is 11.8 Å². The van der Waals surface area contributed by atoms with Gasteiger partial charge in [0.25, 0.3) is 0 Å². The van der Waals surface area contributed by atoms with Crippen molar-refractivity contribution in [2.75, 3.05) is 26.2 Å². The van der Waals surface area contributed by atoms with Crippen molar-refractivity contribution in [3.63, 3.8) is 0 Å². The number of nitrogens with zero attached hydrogens (tertiary/aromatic N) is 1. The molecule has 1 aliphatic heterocycles. The van der Waals surface area contributed by atoms with Crippen LogP contribution in [0.5, 0.6) is 0 Å². The van der Waals surface area contributed by atoms with E-state index >= 15 is 0 Å². The number of hydrogen-bond acceptors (Lipinski definition) is 3. The van der Waals surface area contributed by atoms with Gasteiger partial charge in [-0.25, -0.2) is 0 Å². The third kappa shape index (κ3) is 4.64. The number of hydrogen-bond donors (Lipinski definition) is 2. The van der Waals surface area contributed by atoms with Crippen LogP contribution >= 0.6 is 0 Å². The Labute approximate surface area is 109 Å². The van der Waals surface area contributed by atoms with Gasteiger partial charge in [0.15, 0.2) is 0 Å². The van der Waals surface area contributed by atoms with Gasteiger partial charge >= 0.3 is 0 Å². The van der Waals surface area contributed by atoms with Gasteiger partial charge in [-0.3, -0.25) is 9.59 Å². The Kier molecular flexibility index (Phi) is 6.12. The third-order valence-corrected chi connectivity index (χ3v) is 3.37. The molecule has 18 heavy (non-hydrogen) atoms. The van der Waals surface area contributed by atoms with E-state index in [2.05, 4.69) is 10.6 Å². The average Bonchev–Trinajstić information content (AvgIpc) is 2.36. The molecular formula is C13H25N3O2. The molecule has 1 fully saturated rings. The first-order valence-electron chi connectivity index (χ1n) is 6.81. The Balaban J connectivity index is 2.34.